The van der Waals surface area contributed by atoms with E-state index < -0.39 is 0 Å². The first kappa shape index (κ1) is 19.2. The number of benzene rings is 3. The van der Waals surface area contributed by atoms with Crippen molar-refractivity contribution in [2.24, 2.45) is 0 Å². The van der Waals surface area contributed by atoms with Crippen molar-refractivity contribution in [3.63, 3.8) is 0 Å². The number of fused-ring (bicyclic) bond motifs is 1. The summed E-state index contributed by atoms with van der Waals surface area (Å²) in [5.74, 6) is 1.75. The lowest BCUT2D eigenvalue weighted by molar-refractivity contribution is 0.722. The standard InChI is InChI=1S/C25H24N6/c1-3-7-23-26-24-17(2)8-6-11-22(24)31(23)16-18-12-14-19(15-13-18)20-9-4-5-10-21(20)25-27-29-30-28-25/h4-6,8-15H,3,7,16H2,1-2H3,(H,27,28,29,30). The third-order valence-corrected chi connectivity index (χ3v) is 5.65. The van der Waals surface area contributed by atoms with E-state index in [0.29, 0.717) is 5.82 Å². The number of nitrogens with one attached hydrogen (secondary N) is 1. The molecule has 0 saturated carbocycles. The van der Waals surface area contributed by atoms with Gasteiger partial charge in [0.2, 0.25) is 5.82 Å². The van der Waals surface area contributed by atoms with E-state index in [2.05, 4.69) is 87.6 Å². The molecule has 0 aliphatic carbocycles. The number of aromatic amines is 1. The number of nitrogens with zero attached hydrogens (tertiary/aromatic N) is 5. The number of rotatable bonds is 6. The van der Waals surface area contributed by atoms with Gasteiger partial charge < -0.3 is 4.57 Å². The molecule has 31 heavy (non-hydrogen) atoms. The molecule has 0 aliphatic rings. The Morgan fingerprint density at radius 2 is 1.71 bits per heavy atom. The van der Waals surface area contributed by atoms with Crippen LogP contribution in [0.1, 0.15) is 30.3 Å². The second kappa shape index (κ2) is 8.14. The Kier molecular flexibility index (Phi) is 5.04. The van der Waals surface area contributed by atoms with Gasteiger partial charge in [-0.05, 0) is 46.9 Å². The first-order valence-electron chi connectivity index (χ1n) is 10.6. The Morgan fingerprint density at radius 3 is 2.45 bits per heavy atom. The minimum atomic E-state index is 0.601. The summed E-state index contributed by atoms with van der Waals surface area (Å²) in [4.78, 5) is 4.94. The minimum absolute atomic E-state index is 0.601. The first-order chi connectivity index (χ1) is 15.2. The van der Waals surface area contributed by atoms with Crippen molar-refractivity contribution in [3.8, 4) is 22.5 Å². The second-order valence-corrected chi connectivity index (χ2v) is 7.78. The van der Waals surface area contributed by atoms with Gasteiger partial charge in [0.15, 0.2) is 0 Å². The Hall–Kier alpha value is -3.80. The Morgan fingerprint density at radius 1 is 0.903 bits per heavy atom. The van der Waals surface area contributed by atoms with Crippen LogP contribution in [0.3, 0.4) is 0 Å². The molecule has 2 aromatic heterocycles. The summed E-state index contributed by atoms with van der Waals surface area (Å²) in [5, 5.41) is 14.5. The zero-order chi connectivity index (χ0) is 21.2. The Balaban J connectivity index is 1.49. The summed E-state index contributed by atoms with van der Waals surface area (Å²) in [6.45, 7) is 5.14. The van der Waals surface area contributed by atoms with Crippen molar-refractivity contribution in [2.75, 3.05) is 0 Å². The smallest absolute Gasteiger partial charge is 0.205 e. The number of aromatic nitrogens is 6. The van der Waals surface area contributed by atoms with E-state index >= 15 is 0 Å². The molecule has 0 amide bonds. The predicted octanol–water partition coefficient (Wildman–Crippen LogP) is 5.19. The van der Waals surface area contributed by atoms with E-state index in [1.807, 2.05) is 18.2 Å². The summed E-state index contributed by atoms with van der Waals surface area (Å²) < 4.78 is 2.36. The van der Waals surface area contributed by atoms with Crippen molar-refractivity contribution in [3.05, 3.63) is 83.7 Å². The fourth-order valence-corrected chi connectivity index (χ4v) is 4.10. The van der Waals surface area contributed by atoms with Crippen LogP contribution < -0.4 is 0 Å². The topological polar surface area (TPSA) is 72.3 Å². The van der Waals surface area contributed by atoms with E-state index in [9.17, 15) is 0 Å². The number of para-hydroxylation sites is 1. The molecule has 0 saturated heterocycles. The zero-order valence-electron chi connectivity index (χ0n) is 17.7. The van der Waals surface area contributed by atoms with Gasteiger partial charge in [0.25, 0.3) is 0 Å². The second-order valence-electron chi connectivity index (χ2n) is 7.78. The van der Waals surface area contributed by atoms with E-state index in [1.165, 1.54) is 16.6 Å². The molecule has 6 heteroatoms. The molecule has 2 heterocycles. The van der Waals surface area contributed by atoms with Gasteiger partial charge in [0.05, 0.1) is 11.0 Å². The molecule has 0 atom stereocenters. The van der Waals surface area contributed by atoms with Gasteiger partial charge in [-0.2, -0.15) is 5.21 Å². The molecule has 0 radical (unpaired) electrons. The van der Waals surface area contributed by atoms with Crippen molar-refractivity contribution in [1.29, 1.82) is 0 Å². The molecule has 0 spiro atoms. The maximum atomic E-state index is 4.94. The van der Waals surface area contributed by atoms with Crippen LogP contribution in [0.2, 0.25) is 0 Å². The van der Waals surface area contributed by atoms with Gasteiger partial charge in [-0.3, -0.25) is 0 Å². The highest BCUT2D eigenvalue weighted by Crippen LogP contribution is 2.30. The van der Waals surface area contributed by atoms with E-state index in [-0.39, 0.29) is 0 Å². The van der Waals surface area contributed by atoms with Gasteiger partial charge in [0.1, 0.15) is 5.82 Å². The summed E-state index contributed by atoms with van der Waals surface area (Å²) in [5.41, 5.74) is 7.97. The maximum Gasteiger partial charge on any atom is 0.205 e. The quantitative estimate of drug-likeness (QED) is 0.419. The molecule has 6 nitrogen and oxygen atoms in total. The number of tetrazole rings is 1. The summed E-state index contributed by atoms with van der Waals surface area (Å²) in [6, 6.07) is 23.3. The molecule has 0 fully saturated rings. The van der Waals surface area contributed by atoms with Gasteiger partial charge in [-0.25, -0.2) is 4.98 Å². The van der Waals surface area contributed by atoms with Crippen LogP contribution in [0, 0.1) is 6.92 Å². The van der Waals surface area contributed by atoms with Crippen LogP contribution >= 0.6 is 0 Å². The molecule has 5 aromatic rings. The largest absolute Gasteiger partial charge is 0.323 e. The number of aryl methyl sites for hydroxylation is 2. The molecule has 154 valence electrons. The zero-order valence-corrected chi connectivity index (χ0v) is 17.7. The molecule has 1 N–H and O–H groups in total. The van der Waals surface area contributed by atoms with Gasteiger partial charge in [0, 0.05) is 18.5 Å². The summed E-state index contributed by atoms with van der Waals surface area (Å²) in [7, 11) is 0. The van der Waals surface area contributed by atoms with E-state index in [4.69, 9.17) is 4.98 Å². The summed E-state index contributed by atoms with van der Waals surface area (Å²) in [6.07, 6.45) is 2.05. The molecule has 0 bridgehead atoms. The third-order valence-electron chi connectivity index (χ3n) is 5.65. The molecule has 0 unspecified atom stereocenters. The average Bonchev–Trinajstić information content (AvgIpc) is 3.45. The fraction of sp³-hybridized carbons (Fsp3) is 0.200. The normalized spacial score (nSPS) is 11.3. The van der Waals surface area contributed by atoms with E-state index in [0.717, 1.165) is 47.4 Å². The Labute approximate surface area is 181 Å². The number of hydrogen-bond acceptors (Lipinski definition) is 4. The third kappa shape index (κ3) is 3.61. The highest BCUT2D eigenvalue weighted by molar-refractivity contribution is 5.81. The SMILES string of the molecule is CCCc1nc2c(C)cccc2n1Cc1ccc(-c2ccccc2-c2nn[nH]n2)cc1. The van der Waals surface area contributed by atoms with Crippen molar-refractivity contribution >= 4 is 11.0 Å². The fourth-order valence-electron chi connectivity index (χ4n) is 4.10. The molecular formula is C25H24N6. The highest BCUT2D eigenvalue weighted by Gasteiger charge is 2.13. The van der Waals surface area contributed by atoms with Crippen LogP contribution in [-0.4, -0.2) is 30.2 Å². The molecule has 3 aromatic carbocycles. The van der Waals surface area contributed by atoms with Crippen LogP contribution in [0.4, 0.5) is 0 Å². The van der Waals surface area contributed by atoms with Crippen molar-refractivity contribution in [1.82, 2.24) is 30.2 Å². The van der Waals surface area contributed by atoms with E-state index in [1.54, 1.807) is 0 Å². The lowest BCUT2D eigenvalue weighted by Crippen LogP contribution is -2.05. The van der Waals surface area contributed by atoms with Gasteiger partial charge in [-0.15, -0.1) is 10.2 Å². The van der Waals surface area contributed by atoms with Gasteiger partial charge >= 0.3 is 0 Å². The van der Waals surface area contributed by atoms with Gasteiger partial charge in [-0.1, -0.05) is 67.6 Å². The lowest BCUT2D eigenvalue weighted by atomic mass is 9.98. The average molecular weight is 409 g/mol. The highest BCUT2D eigenvalue weighted by atomic mass is 15.5. The lowest BCUT2D eigenvalue weighted by Gasteiger charge is -2.11. The van der Waals surface area contributed by atoms with Crippen LogP contribution in [-0.2, 0) is 13.0 Å². The number of imidazole rings is 1. The van der Waals surface area contributed by atoms with Crippen molar-refractivity contribution in [2.45, 2.75) is 33.2 Å². The number of H-pyrrole nitrogens is 1. The first-order valence-corrected chi connectivity index (χ1v) is 10.6. The predicted molar refractivity (Wildman–Crippen MR) is 123 cm³/mol. The van der Waals surface area contributed by atoms with Crippen LogP contribution in [0.25, 0.3) is 33.5 Å². The monoisotopic (exact) mass is 408 g/mol. The molecule has 0 aliphatic heterocycles. The van der Waals surface area contributed by atoms with Crippen LogP contribution in [0.15, 0.2) is 66.7 Å². The number of hydrogen-bond donors (Lipinski definition) is 1. The van der Waals surface area contributed by atoms with Crippen molar-refractivity contribution < 1.29 is 0 Å². The van der Waals surface area contributed by atoms with Crippen LogP contribution in [0.5, 0.6) is 0 Å². The molecular weight excluding hydrogens is 384 g/mol. The Bertz CT molecular complexity index is 1320. The minimum Gasteiger partial charge on any atom is -0.323 e. The maximum absolute atomic E-state index is 4.94. The summed E-state index contributed by atoms with van der Waals surface area (Å²) >= 11 is 0. The molecule has 5 rings (SSSR count).